The SMILES string of the molecule is CCC(=O)C(C(=O)c1nc2nc(C)sc2nc1NCc1ccc(OC)cc1)N1CCN(C(=O)OC(C)(C)C)CC1. The van der Waals surface area contributed by atoms with Gasteiger partial charge in [0.25, 0.3) is 0 Å². The molecule has 1 N–H and O–H groups in total. The van der Waals surface area contributed by atoms with Crippen LogP contribution >= 0.6 is 11.3 Å². The first-order valence-corrected chi connectivity index (χ1v) is 14.1. The number of anilines is 1. The van der Waals surface area contributed by atoms with E-state index in [0.29, 0.717) is 49.0 Å². The molecule has 1 aromatic carbocycles. The molecule has 40 heavy (non-hydrogen) atoms. The minimum atomic E-state index is -1.04. The predicted molar refractivity (Wildman–Crippen MR) is 153 cm³/mol. The van der Waals surface area contributed by atoms with Crippen molar-refractivity contribution in [2.24, 2.45) is 0 Å². The average Bonchev–Trinajstić information content (AvgIpc) is 3.29. The minimum Gasteiger partial charge on any atom is -0.497 e. The molecule has 2 aromatic heterocycles. The molecule has 1 fully saturated rings. The molecule has 1 aliphatic heterocycles. The van der Waals surface area contributed by atoms with Crippen molar-refractivity contribution in [2.75, 3.05) is 38.6 Å². The first kappa shape index (κ1) is 29.3. The molecule has 0 bridgehead atoms. The van der Waals surface area contributed by atoms with Gasteiger partial charge in [-0.25, -0.2) is 19.7 Å². The van der Waals surface area contributed by atoms with Crippen LogP contribution in [0, 0.1) is 6.92 Å². The molecule has 4 rings (SSSR count). The first-order valence-electron chi connectivity index (χ1n) is 13.3. The summed E-state index contributed by atoms with van der Waals surface area (Å²) in [5.74, 6) is 0.398. The second-order valence-electron chi connectivity index (χ2n) is 10.6. The summed E-state index contributed by atoms with van der Waals surface area (Å²) in [6, 6.07) is 6.51. The number of piperazine rings is 1. The Morgan fingerprint density at radius 2 is 1.73 bits per heavy atom. The van der Waals surface area contributed by atoms with Gasteiger partial charge in [-0.3, -0.25) is 14.5 Å². The predicted octanol–water partition coefficient (Wildman–Crippen LogP) is 4.10. The quantitative estimate of drug-likeness (QED) is 0.298. The molecular weight excluding hydrogens is 532 g/mol. The highest BCUT2D eigenvalue weighted by molar-refractivity contribution is 7.18. The number of carbonyl (C=O) groups is 3. The summed E-state index contributed by atoms with van der Waals surface area (Å²) in [5, 5.41) is 4.03. The maximum Gasteiger partial charge on any atom is 0.410 e. The molecule has 3 aromatic rings. The molecule has 0 spiro atoms. The molecule has 1 aliphatic rings. The monoisotopic (exact) mass is 568 g/mol. The van der Waals surface area contributed by atoms with Crippen LogP contribution in [0.5, 0.6) is 5.75 Å². The van der Waals surface area contributed by atoms with Gasteiger partial charge >= 0.3 is 6.09 Å². The molecule has 0 aliphatic carbocycles. The van der Waals surface area contributed by atoms with Crippen molar-refractivity contribution in [1.29, 1.82) is 0 Å². The fraction of sp³-hybridized carbons (Fsp3) is 0.500. The summed E-state index contributed by atoms with van der Waals surface area (Å²) in [7, 11) is 1.61. The van der Waals surface area contributed by atoms with Gasteiger partial charge in [-0.05, 0) is 45.4 Å². The molecule has 214 valence electrons. The van der Waals surface area contributed by atoms with E-state index in [4.69, 9.17) is 9.47 Å². The second-order valence-corrected chi connectivity index (χ2v) is 11.8. The summed E-state index contributed by atoms with van der Waals surface area (Å²) in [5.41, 5.74) is 0.804. The lowest BCUT2D eigenvalue weighted by Gasteiger charge is -2.38. The number of hydrogen-bond acceptors (Lipinski definition) is 11. The van der Waals surface area contributed by atoms with E-state index in [1.165, 1.54) is 11.3 Å². The van der Waals surface area contributed by atoms with E-state index in [1.807, 2.05) is 56.9 Å². The fourth-order valence-electron chi connectivity index (χ4n) is 4.42. The lowest BCUT2D eigenvalue weighted by atomic mass is 10.00. The van der Waals surface area contributed by atoms with Crippen LogP contribution in [0.4, 0.5) is 10.6 Å². The number of fused-ring (bicyclic) bond motifs is 1. The van der Waals surface area contributed by atoms with Crippen molar-refractivity contribution in [3.8, 4) is 5.75 Å². The van der Waals surface area contributed by atoms with Gasteiger partial charge < -0.3 is 19.7 Å². The number of aryl methyl sites for hydroxylation is 1. The van der Waals surface area contributed by atoms with Gasteiger partial charge in [0, 0.05) is 39.1 Å². The molecule has 0 radical (unpaired) electrons. The zero-order valence-corrected chi connectivity index (χ0v) is 24.6. The second kappa shape index (κ2) is 12.3. The highest BCUT2D eigenvalue weighted by Gasteiger charge is 2.38. The average molecular weight is 569 g/mol. The number of ketones is 2. The Morgan fingerprint density at radius 3 is 2.33 bits per heavy atom. The van der Waals surface area contributed by atoms with Crippen LogP contribution in [-0.4, -0.2) is 87.3 Å². The topological polar surface area (TPSA) is 127 Å². The van der Waals surface area contributed by atoms with E-state index in [1.54, 1.807) is 18.9 Å². The van der Waals surface area contributed by atoms with Gasteiger partial charge in [-0.15, -0.1) is 0 Å². The van der Waals surface area contributed by atoms with Crippen LogP contribution in [0.2, 0.25) is 0 Å². The van der Waals surface area contributed by atoms with Gasteiger partial charge in [0.2, 0.25) is 5.78 Å². The number of aromatic nitrogens is 3. The van der Waals surface area contributed by atoms with E-state index >= 15 is 0 Å². The Kier molecular flexibility index (Phi) is 8.99. The van der Waals surface area contributed by atoms with Gasteiger partial charge in [-0.1, -0.05) is 30.4 Å². The number of carbonyl (C=O) groups excluding carboxylic acids is 3. The van der Waals surface area contributed by atoms with Gasteiger partial charge in [0.1, 0.15) is 17.4 Å². The summed E-state index contributed by atoms with van der Waals surface area (Å²) in [6.45, 7) is 10.8. The Hall–Kier alpha value is -3.64. The largest absolute Gasteiger partial charge is 0.497 e. The molecule has 1 amide bonds. The lowest BCUT2D eigenvalue weighted by Crippen LogP contribution is -2.57. The van der Waals surface area contributed by atoms with E-state index in [2.05, 4.69) is 20.3 Å². The third kappa shape index (κ3) is 6.92. The zero-order valence-electron chi connectivity index (χ0n) is 23.8. The molecule has 11 nitrogen and oxygen atoms in total. The number of nitrogens with one attached hydrogen (secondary N) is 1. The van der Waals surface area contributed by atoms with E-state index in [9.17, 15) is 14.4 Å². The van der Waals surface area contributed by atoms with Crippen molar-refractivity contribution < 1.29 is 23.9 Å². The highest BCUT2D eigenvalue weighted by Crippen LogP contribution is 2.25. The zero-order chi connectivity index (χ0) is 29.0. The molecule has 1 saturated heterocycles. The number of rotatable bonds is 9. The number of amides is 1. The summed E-state index contributed by atoms with van der Waals surface area (Å²) in [6.07, 6.45) is -0.222. The van der Waals surface area contributed by atoms with Crippen molar-refractivity contribution >= 4 is 45.3 Å². The smallest absolute Gasteiger partial charge is 0.410 e. The van der Waals surface area contributed by atoms with Crippen molar-refractivity contribution in [3.05, 3.63) is 40.5 Å². The number of Topliss-reactive ketones (excluding diaryl/α,β-unsaturated/α-hetero) is 2. The molecule has 0 saturated carbocycles. The highest BCUT2D eigenvalue weighted by atomic mass is 32.1. The normalized spacial score (nSPS) is 15.1. The van der Waals surface area contributed by atoms with Gasteiger partial charge in [0.05, 0.1) is 12.1 Å². The Labute approximate surface area is 237 Å². The molecular formula is C28H36N6O5S. The third-order valence-electron chi connectivity index (χ3n) is 6.44. The summed E-state index contributed by atoms with van der Waals surface area (Å²) < 4.78 is 10.7. The van der Waals surface area contributed by atoms with Crippen LogP contribution in [0.1, 0.15) is 55.2 Å². The van der Waals surface area contributed by atoms with Crippen molar-refractivity contribution in [3.63, 3.8) is 0 Å². The number of hydrogen-bond donors (Lipinski definition) is 1. The number of ether oxygens (including phenoxy) is 2. The number of methoxy groups -OCH3 is 1. The number of benzene rings is 1. The number of nitrogens with zero attached hydrogens (tertiary/aromatic N) is 5. The Morgan fingerprint density at radius 1 is 1.05 bits per heavy atom. The maximum absolute atomic E-state index is 14.1. The van der Waals surface area contributed by atoms with Crippen LogP contribution in [0.25, 0.3) is 10.5 Å². The lowest BCUT2D eigenvalue weighted by molar-refractivity contribution is -0.122. The van der Waals surface area contributed by atoms with E-state index < -0.39 is 23.5 Å². The Balaban J connectivity index is 1.59. The minimum absolute atomic E-state index is 0.0766. The molecule has 1 unspecified atom stereocenters. The van der Waals surface area contributed by atoms with E-state index in [-0.39, 0.29) is 17.9 Å². The van der Waals surface area contributed by atoms with E-state index in [0.717, 1.165) is 16.3 Å². The van der Waals surface area contributed by atoms with Crippen LogP contribution in [0.3, 0.4) is 0 Å². The molecule has 1 atom stereocenters. The Bertz CT molecular complexity index is 1380. The molecule has 12 heteroatoms. The van der Waals surface area contributed by atoms with Gasteiger partial charge in [-0.2, -0.15) is 0 Å². The first-order chi connectivity index (χ1) is 19.0. The van der Waals surface area contributed by atoms with Crippen LogP contribution in [-0.2, 0) is 16.1 Å². The standard InChI is InChI=1S/C28H36N6O5S/c1-7-20(35)22(33-12-14-34(15-13-33)27(37)39-28(3,4)5)23(36)21-24(32-26-25(31-21)30-17(2)40-26)29-16-18-8-10-19(38-6)11-9-18/h8-11,22H,7,12-16H2,1-6H3,(H,29,32). The summed E-state index contributed by atoms with van der Waals surface area (Å²) >= 11 is 1.39. The van der Waals surface area contributed by atoms with Crippen molar-refractivity contribution in [1.82, 2.24) is 24.8 Å². The maximum atomic E-state index is 14.1. The van der Waals surface area contributed by atoms with Crippen molar-refractivity contribution in [2.45, 2.75) is 59.2 Å². The summed E-state index contributed by atoms with van der Waals surface area (Å²) in [4.78, 5) is 57.5. The molecule has 3 heterocycles. The third-order valence-corrected chi connectivity index (χ3v) is 7.29. The van der Waals surface area contributed by atoms with Gasteiger partial charge in [0.15, 0.2) is 27.8 Å². The van der Waals surface area contributed by atoms with Crippen LogP contribution < -0.4 is 10.1 Å². The fourth-order valence-corrected chi connectivity index (χ4v) is 5.15. The number of thiazole rings is 1. The van der Waals surface area contributed by atoms with Crippen LogP contribution in [0.15, 0.2) is 24.3 Å².